The van der Waals surface area contributed by atoms with Gasteiger partial charge >= 0.3 is 0 Å². The third-order valence-corrected chi connectivity index (χ3v) is 6.81. The molecule has 1 amide bonds. The first-order valence-corrected chi connectivity index (χ1v) is 12.3. The summed E-state index contributed by atoms with van der Waals surface area (Å²) in [4.78, 5) is 41.1. The average molecular weight is 474 g/mol. The minimum absolute atomic E-state index is 0.0741. The number of anilines is 2. The normalized spacial score (nSPS) is 18.9. The Morgan fingerprint density at radius 2 is 1.71 bits per heavy atom. The number of carbonyl (C=O) groups is 1. The second-order valence-corrected chi connectivity index (χ2v) is 9.20. The Kier molecular flexibility index (Phi) is 7.02. The molecule has 9 heteroatoms. The van der Waals surface area contributed by atoms with Crippen LogP contribution in [0.3, 0.4) is 0 Å². The molecule has 2 aliphatic heterocycles. The molecule has 5 rings (SSSR count). The lowest BCUT2D eigenvalue weighted by Crippen LogP contribution is -2.46. The van der Waals surface area contributed by atoms with Crippen LogP contribution in [-0.2, 0) is 11.3 Å². The Balaban J connectivity index is 1.21. The van der Waals surface area contributed by atoms with Crippen molar-refractivity contribution in [3.8, 4) is 0 Å². The van der Waals surface area contributed by atoms with E-state index in [0.29, 0.717) is 19.6 Å². The number of piperidine rings is 1. The van der Waals surface area contributed by atoms with Crippen molar-refractivity contribution in [3.63, 3.8) is 0 Å². The summed E-state index contributed by atoms with van der Waals surface area (Å²) in [5.41, 5.74) is 1.70. The van der Waals surface area contributed by atoms with Crippen LogP contribution in [0.15, 0.2) is 65.8 Å². The summed E-state index contributed by atoms with van der Waals surface area (Å²) < 4.78 is 1.48. The molecule has 3 aromatic rings. The minimum atomic E-state index is -0.129. The molecule has 2 aromatic heterocycles. The van der Waals surface area contributed by atoms with Crippen molar-refractivity contribution in [3.05, 3.63) is 77.0 Å². The molecule has 2 saturated heterocycles. The minimum Gasteiger partial charge on any atom is -0.369 e. The van der Waals surface area contributed by atoms with Gasteiger partial charge in [-0.05, 0) is 30.9 Å². The quantitative estimate of drug-likeness (QED) is 0.560. The van der Waals surface area contributed by atoms with Crippen LogP contribution < -0.4 is 15.4 Å². The van der Waals surface area contributed by atoms with E-state index in [-0.39, 0.29) is 17.4 Å². The Bertz CT molecular complexity index is 1190. The van der Waals surface area contributed by atoms with Crippen LogP contribution in [0.2, 0.25) is 0 Å². The summed E-state index contributed by atoms with van der Waals surface area (Å²) in [6.07, 6.45) is 7.94. The van der Waals surface area contributed by atoms with Gasteiger partial charge in [0, 0.05) is 57.7 Å². The molecule has 4 heterocycles. The molecule has 0 saturated carbocycles. The molecule has 1 atom stereocenters. The number of aromatic nitrogens is 4. The summed E-state index contributed by atoms with van der Waals surface area (Å²) in [6.45, 7) is 4.88. The first kappa shape index (κ1) is 23.0. The highest BCUT2D eigenvalue weighted by Crippen LogP contribution is 2.24. The van der Waals surface area contributed by atoms with E-state index in [9.17, 15) is 9.59 Å². The van der Waals surface area contributed by atoms with Gasteiger partial charge in [0.1, 0.15) is 0 Å². The fourth-order valence-corrected chi connectivity index (χ4v) is 4.94. The first-order valence-electron chi connectivity index (χ1n) is 12.3. The fraction of sp³-hybridized carbons (Fsp3) is 0.423. The van der Waals surface area contributed by atoms with E-state index in [1.165, 1.54) is 4.68 Å². The highest BCUT2D eigenvalue weighted by molar-refractivity contribution is 5.80. The average Bonchev–Trinajstić information content (AvgIpc) is 3.17. The number of benzene rings is 1. The maximum atomic E-state index is 13.4. The Morgan fingerprint density at radius 1 is 0.914 bits per heavy atom. The van der Waals surface area contributed by atoms with Crippen LogP contribution in [0, 0.1) is 5.92 Å². The largest absolute Gasteiger partial charge is 0.369 e. The van der Waals surface area contributed by atoms with Crippen molar-refractivity contribution in [2.75, 3.05) is 49.1 Å². The van der Waals surface area contributed by atoms with E-state index >= 15 is 0 Å². The van der Waals surface area contributed by atoms with E-state index in [0.717, 1.165) is 62.6 Å². The second-order valence-electron chi connectivity index (χ2n) is 9.20. The third-order valence-electron chi connectivity index (χ3n) is 6.81. The summed E-state index contributed by atoms with van der Waals surface area (Å²) >= 11 is 0. The maximum Gasteiger partial charge on any atom is 0.269 e. The molecule has 1 unspecified atom stereocenters. The lowest BCUT2D eigenvalue weighted by molar-refractivity contribution is -0.135. The summed E-state index contributed by atoms with van der Waals surface area (Å²) in [5.74, 6) is 0.853. The molecule has 35 heavy (non-hydrogen) atoms. The number of nitrogens with zero attached hydrogens (tertiary/aromatic N) is 7. The number of hydrogen-bond acceptors (Lipinski definition) is 7. The monoisotopic (exact) mass is 473 g/mol. The van der Waals surface area contributed by atoms with Gasteiger partial charge in [-0.3, -0.25) is 9.59 Å². The van der Waals surface area contributed by atoms with Crippen molar-refractivity contribution < 1.29 is 4.79 Å². The molecule has 0 spiro atoms. The van der Waals surface area contributed by atoms with Crippen molar-refractivity contribution in [2.24, 2.45) is 5.92 Å². The third kappa shape index (κ3) is 5.50. The van der Waals surface area contributed by atoms with Gasteiger partial charge in [0.2, 0.25) is 11.9 Å². The molecule has 1 aromatic carbocycles. The van der Waals surface area contributed by atoms with Crippen LogP contribution in [-0.4, -0.2) is 69.8 Å². The van der Waals surface area contributed by atoms with Crippen molar-refractivity contribution in [1.82, 2.24) is 24.6 Å². The Hall–Kier alpha value is -3.75. The molecule has 0 radical (unpaired) electrons. The molecule has 2 fully saturated rings. The van der Waals surface area contributed by atoms with Crippen LogP contribution in [0.5, 0.6) is 0 Å². The Labute approximate surface area is 205 Å². The maximum absolute atomic E-state index is 13.4. The van der Waals surface area contributed by atoms with Crippen molar-refractivity contribution in [1.29, 1.82) is 0 Å². The molecule has 182 valence electrons. The van der Waals surface area contributed by atoms with Crippen molar-refractivity contribution in [2.45, 2.75) is 25.8 Å². The molecular weight excluding hydrogens is 442 g/mol. The predicted molar refractivity (Wildman–Crippen MR) is 134 cm³/mol. The topological polar surface area (TPSA) is 87.5 Å². The molecule has 0 bridgehead atoms. The standard InChI is InChI=1S/C26H31N7O2/c34-24-17-23(18-29-33(24)19-21-7-2-1-3-8-21)32-12-4-9-22(20-32)25(35)30-13-6-14-31(16-15-30)26-27-10-5-11-28-26/h1-3,5,7-8,10-11,17-18,22H,4,6,9,12-16,19-20H2. The van der Waals surface area contributed by atoms with E-state index in [4.69, 9.17) is 0 Å². The van der Waals surface area contributed by atoms with Crippen LogP contribution in [0.25, 0.3) is 0 Å². The van der Waals surface area contributed by atoms with Gasteiger partial charge in [-0.2, -0.15) is 5.10 Å². The van der Waals surface area contributed by atoms with Gasteiger partial charge in [0.05, 0.1) is 24.3 Å². The van der Waals surface area contributed by atoms with E-state index in [1.54, 1.807) is 24.7 Å². The van der Waals surface area contributed by atoms with Gasteiger partial charge in [-0.1, -0.05) is 30.3 Å². The second kappa shape index (κ2) is 10.7. The van der Waals surface area contributed by atoms with Gasteiger partial charge in [0.25, 0.3) is 5.56 Å². The van der Waals surface area contributed by atoms with E-state index in [1.807, 2.05) is 41.3 Å². The van der Waals surface area contributed by atoms with Crippen LogP contribution >= 0.6 is 0 Å². The van der Waals surface area contributed by atoms with Crippen LogP contribution in [0.1, 0.15) is 24.8 Å². The first-order chi connectivity index (χ1) is 17.2. The Morgan fingerprint density at radius 3 is 2.51 bits per heavy atom. The van der Waals surface area contributed by atoms with Gasteiger partial charge in [0.15, 0.2) is 0 Å². The molecule has 0 N–H and O–H groups in total. The highest BCUT2D eigenvalue weighted by atomic mass is 16.2. The fourth-order valence-electron chi connectivity index (χ4n) is 4.94. The predicted octanol–water partition coefficient (Wildman–Crippen LogP) is 2.04. The van der Waals surface area contributed by atoms with Crippen LogP contribution in [0.4, 0.5) is 11.6 Å². The van der Waals surface area contributed by atoms with Crippen molar-refractivity contribution >= 4 is 17.5 Å². The number of carbonyl (C=O) groups excluding carboxylic acids is 1. The van der Waals surface area contributed by atoms with Gasteiger partial charge in [-0.25, -0.2) is 14.6 Å². The lowest BCUT2D eigenvalue weighted by atomic mass is 9.96. The number of hydrogen-bond donors (Lipinski definition) is 0. The lowest BCUT2D eigenvalue weighted by Gasteiger charge is -2.35. The summed E-state index contributed by atoms with van der Waals surface area (Å²) in [7, 11) is 0. The zero-order valence-corrected chi connectivity index (χ0v) is 19.9. The smallest absolute Gasteiger partial charge is 0.269 e. The molecule has 0 aliphatic carbocycles. The van der Waals surface area contributed by atoms with E-state index in [2.05, 4.69) is 24.9 Å². The zero-order valence-electron chi connectivity index (χ0n) is 19.9. The van der Waals surface area contributed by atoms with Gasteiger partial charge < -0.3 is 14.7 Å². The van der Waals surface area contributed by atoms with Gasteiger partial charge in [-0.15, -0.1) is 0 Å². The zero-order chi connectivity index (χ0) is 24.0. The highest BCUT2D eigenvalue weighted by Gasteiger charge is 2.31. The molecular formula is C26H31N7O2. The SMILES string of the molecule is O=C(C1CCCN(c2cnn(Cc3ccccc3)c(=O)c2)C1)N1CCCN(c2ncccn2)CC1. The number of rotatable bonds is 5. The van der Waals surface area contributed by atoms with E-state index < -0.39 is 0 Å². The number of amides is 1. The summed E-state index contributed by atoms with van der Waals surface area (Å²) in [5, 5.41) is 4.41. The molecule has 2 aliphatic rings. The summed E-state index contributed by atoms with van der Waals surface area (Å²) in [6, 6.07) is 13.3. The molecule has 9 nitrogen and oxygen atoms in total.